The highest BCUT2D eigenvalue weighted by Gasteiger charge is 2.26. The quantitative estimate of drug-likeness (QED) is 0.417. The number of hydrogen-bond donors (Lipinski definition) is 1. The van der Waals surface area contributed by atoms with Gasteiger partial charge in [-0.05, 0) is 74.9 Å². The minimum absolute atomic E-state index is 0.00325. The number of sulfonamides is 1. The summed E-state index contributed by atoms with van der Waals surface area (Å²) in [5.74, 6) is -0.647. The Labute approximate surface area is 205 Å². The Balaban J connectivity index is 1.70. The molecule has 8 nitrogen and oxygen atoms in total. The second kappa shape index (κ2) is 11.5. The van der Waals surface area contributed by atoms with Crippen LogP contribution in [0.3, 0.4) is 0 Å². The molecule has 9 heteroatoms. The molecule has 0 unspecified atom stereocenters. The number of nitrogens with zero attached hydrogens (tertiary/aromatic N) is 1. The maximum atomic E-state index is 13.4. The Bertz CT molecular complexity index is 1270. The van der Waals surface area contributed by atoms with Gasteiger partial charge in [0, 0.05) is 12.2 Å². The van der Waals surface area contributed by atoms with Gasteiger partial charge in [-0.1, -0.05) is 24.3 Å². The Morgan fingerprint density at radius 2 is 1.63 bits per heavy atom. The van der Waals surface area contributed by atoms with Crippen molar-refractivity contribution >= 4 is 33.3 Å². The standard InChI is InChI=1S/C26H28N2O6S/c1-4-28(22-9-7-6-8-10-22)35(31,32)24-17-20(12-11-19(24)3)26(30)34-18-25(29)27-21-13-15-23(16-14-21)33-5-2/h6-17H,4-5,18H2,1-3H3,(H,27,29). The number of carbonyl (C=O) groups is 2. The van der Waals surface area contributed by atoms with E-state index in [2.05, 4.69) is 5.32 Å². The van der Waals surface area contributed by atoms with Gasteiger partial charge >= 0.3 is 5.97 Å². The Morgan fingerprint density at radius 1 is 0.943 bits per heavy atom. The predicted molar refractivity (Wildman–Crippen MR) is 134 cm³/mol. The second-order valence-corrected chi connectivity index (χ2v) is 9.40. The van der Waals surface area contributed by atoms with Gasteiger partial charge in [0.15, 0.2) is 6.61 Å². The molecule has 0 aliphatic rings. The largest absolute Gasteiger partial charge is 0.494 e. The predicted octanol–water partition coefficient (Wildman–Crippen LogP) is 4.40. The summed E-state index contributed by atoms with van der Waals surface area (Å²) in [5.41, 5.74) is 1.57. The van der Waals surface area contributed by atoms with Crippen molar-refractivity contribution in [1.29, 1.82) is 0 Å². The van der Waals surface area contributed by atoms with Gasteiger partial charge in [0.05, 0.1) is 22.8 Å². The molecule has 0 saturated heterocycles. The van der Waals surface area contributed by atoms with Gasteiger partial charge in [-0.2, -0.15) is 0 Å². The van der Waals surface area contributed by atoms with Gasteiger partial charge in [0.25, 0.3) is 15.9 Å². The number of hydrogen-bond acceptors (Lipinski definition) is 6. The molecule has 0 bridgehead atoms. The van der Waals surface area contributed by atoms with Crippen LogP contribution in [0.15, 0.2) is 77.7 Å². The van der Waals surface area contributed by atoms with Crippen LogP contribution < -0.4 is 14.4 Å². The lowest BCUT2D eigenvalue weighted by Gasteiger charge is -2.24. The average Bonchev–Trinajstić information content (AvgIpc) is 2.85. The van der Waals surface area contributed by atoms with Gasteiger partial charge in [-0.15, -0.1) is 0 Å². The van der Waals surface area contributed by atoms with Crippen LogP contribution in [0.1, 0.15) is 29.8 Å². The van der Waals surface area contributed by atoms with Crippen LogP contribution in [0.5, 0.6) is 5.75 Å². The smallest absolute Gasteiger partial charge is 0.338 e. The normalized spacial score (nSPS) is 10.9. The molecule has 0 atom stereocenters. The van der Waals surface area contributed by atoms with E-state index in [1.165, 1.54) is 16.4 Å². The summed E-state index contributed by atoms with van der Waals surface area (Å²) in [6, 6.07) is 19.8. The first-order valence-electron chi connectivity index (χ1n) is 11.1. The number of para-hydroxylation sites is 1. The number of carbonyl (C=O) groups excluding carboxylic acids is 2. The third-order valence-electron chi connectivity index (χ3n) is 5.11. The number of nitrogens with one attached hydrogen (secondary N) is 1. The van der Waals surface area contributed by atoms with Crippen molar-refractivity contribution in [2.45, 2.75) is 25.7 Å². The van der Waals surface area contributed by atoms with Crippen LogP contribution in [0.25, 0.3) is 0 Å². The van der Waals surface area contributed by atoms with Crippen molar-refractivity contribution in [3.8, 4) is 5.75 Å². The summed E-state index contributed by atoms with van der Waals surface area (Å²) in [6.45, 7) is 5.50. The van der Waals surface area contributed by atoms with E-state index in [1.807, 2.05) is 6.92 Å². The minimum atomic E-state index is -3.93. The lowest BCUT2D eigenvalue weighted by Crippen LogP contribution is -2.31. The molecule has 0 aromatic heterocycles. The molecule has 0 radical (unpaired) electrons. The van der Waals surface area contributed by atoms with Crippen LogP contribution >= 0.6 is 0 Å². The summed E-state index contributed by atoms with van der Waals surface area (Å²) < 4.78 is 38.5. The highest BCUT2D eigenvalue weighted by molar-refractivity contribution is 7.92. The molecule has 3 aromatic rings. The van der Waals surface area contributed by atoms with Gasteiger partial charge in [-0.25, -0.2) is 13.2 Å². The van der Waals surface area contributed by atoms with Crippen molar-refractivity contribution in [3.05, 3.63) is 83.9 Å². The van der Waals surface area contributed by atoms with E-state index in [9.17, 15) is 18.0 Å². The molecule has 1 N–H and O–H groups in total. The fourth-order valence-electron chi connectivity index (χ4n) is 3.42. The maximum Gasteiger partial charge on any atom is 0.338 e. The number of benzene rings is 3. The zero-order chi connectivity index (χ0) is 25.4. The molecule has 184 valence electrons. The number of rotatable bonds is 10. The van der Waals surface area contributed by atoms with Gasteiger partial charge in [0.2, 0.25) is 0 Å². The molecule has 0 saturated carbocycles. The lowest BCUT2D eigenvalue weighted by atomic mass is 10.1. The second-order valence-electron chi connectivity index (χ2n) is 7.57. The SMILES string of the molecule is CCOc1ccc(NC(=O)COC(=O)c2ccc(C)c(S(=O)(=O)N(CC)c3ccccc3)c2)cc1. The van der Waals surface area contributed by atoms with Crippen molar-refractivity contribution in [2.75, 3.05) is 29.4 Å². The number of anilines is 2. The molecule has 0 aliphatic heterocycles. The van der Waals surface area contributed by atoms with E-state index in [1.54, 1.807) is 74.5 Å². The third-order valence-corrected chi connectivity index (χ3v) is 7.15. The third kappa shape index (κ3) is 6.39. The van der Waals surface area contributed by atoms with Crippen LogP contribution in [0, 0.1) is 6.92 Å². The highest BCUT2D eigenvalue weighted by Crippen LogP contribution is 2.26. The number of amides is 1. The maximum absolute atomic E-state index is 13.4. The Morgan fingerprint density at radius 3 is 2.26 bits per heavy atom. The van der Waals surface area contributed by atoms with Crippen LogP contribution in [0.2, 0.25) is 0 Å². The Kier molecular flexibility index (Phi) is 8.48. The van der Waals surface area contributed by atoms with E-state index in [0.717, 1.165) is 0 Å². The molecule has 0 aliphatic carbocycles. The minimum Gasteiger partial charge on any atom is -0.494 e. The number of aryl methyl sites for hydroxylation is 1. The first-order valence-corrected chi connectivity index (χ1v) is 12.6. The highest BCUT2D eigenvalue weighted by atomic mass is 32.2. The van der Waals surface area contributed by atoms with Crippen LogP contribution in [-0.4, -0.2) is 40.1 Å². The van der Waals surface area contributed by atoms with Gasteiger partial charge in [0.1, 0.15) is 5.75 Å². The first kappa shape index (κ1) is 25.8. The van der Waals surface area contributed by atoms with Crippen molar-refractivity contribution < 1.29 is 27.5 Å². The van der Waals surface area contributed by atoms with E-state index in [4.69, 9.17) is 9.47 Å². The number of esters is 1. The van der Waals surface area contributed by atoms with Gasteiger partial charge in [-0.3, -0.25) is 9.10 Å². The fraction of sp³-hybridized carbons (Fsp3) is 0.231. The molecule has 35 heavy (non-hydrogen) atoms. The van der Waals surface area contributed by atoms with Crippen molar-refractivity contribution in [2.24, 2.45) is 0 Å². The average molecular weight is 497 g/mol. The number of ether oxygens (including phenoxy) is 2. The lowest BCUT2D eigenvalue weighted by molar-refractivity contribution is -0.119. The molecular formula is C26H28N2O6S. The zero-order valence-electron chi connectivity index (χ0n) is 19.9. The Hall–Kier alpha value is -3.85. The summed E-state index contributed by atoms with van der Waals surface area (Å²) in [4.78, 5) is 24.8. The molecule has 1 amide bonds. The van der Waals surface area contributed by atoms with E-state index in [0.29, 0.717) is 29.3 Å². The molecule has 3 rings (SSSR count). The first-order chi connectivity index (χ1) is 16.8. The molecule has 0 spiro atoms. The monoisotopic (exact) mass is 496 g/mol. The van der Waals surface area contributed by atoms with Gasteiger partial charge < -0.3 is 14.8 Å². The van der Waals surface area contributed by atoms with Crippen molar-refractivity contribution in [3.63, 3.8) is 0 Å². The fourth-order valence-corrected chi connectivity index (χ4v) is 5.15. The zero-order valence-corrected chi connectivity index (χ0v) is 20.7. The molecule has 0 heterocycles. The summed E-state index contributed by atoms with van der Waals surface area (Å²) >= 11 is 0. The topological polar surface area (TPSA) is 102 Å². The van der Waals surface area contributed by atoms with E-state index in [-0.39, 0.29) is 17.0 Å². The van der Waals surface area contributed by atoms with Crippen molar-refractivity contribution in [1.82, 2.24) is 0 Å². The summed E-state index contributed by atoms with van der Waals surface area (Å²) in [6.07, 6.45) is 0. The summed E-state index contributed by atoms with van der Waals surface area (Å²) in [5, 5.41) is 2.63. The summed E-state index contributed by atoms with van der Waals surface area (Å²) in [7, 11) is -3.93. The molecule has 0 fully saturated rings. The molecule has 3 aromatic carbocycles. The van der Waals surface area contributed by atoms with E-state index >= 15 is 0 Å². The van der Waals surface area contributed by atoms with Crippen LogP contribution in [0.4, 0.5) is 11.4 Å². The van der Waals surface area contributed by atoms with Crippen LogP contribution in [-0.2, 0) is 19.6 Å². The molecular weight excluding hydrogens is 468 g/mol. The van der Waals surface area contributed by atoms with E-state index < -0.39 is 28.5 Å².